The molecule has 0 aromatic heterocycles. The normalized spacial score (nSPS) is 22.4. The molecule has 1 aliphatic rings. The second-order valence-electron chi connectivity index (χ2n) is 10.8. The topological polar surface area (TPSA) is 139 Å². The van der Waals surface area contributed by atoms with E-state index in [0.717, 1.165) is 22.3 Å². The highest BCUT2D eigenvalue weighted by Crippen LogP contribution is 2.47. The molecule has 0 bridgehead atoms. The minimum Gasteiger partial charge on any atom is -0.389 e. The molecule has 4 atom stereocenters. The number of aryl methyl sites for hydroxylation is 2. The number of hydrogen-bond acceptors (Lipinski definition) is 6. The Balaban J connectivity index is 1.81. The van der Waals surface area contributed by atoms with E-state index in [1.807, 2.05) is 39.8 Å². The Morgan fingerprint density at radius 2 is 1.38 bits per heavy atom. The van der Waals surface area contributed by atoms with E-state index in [2.05, 4.69) is 10.6 Å². The summed E-state index contributed by atoms with van der Waals surface area (Å²) in [5, 5.41) is 28.5. The van der Waals surface area contributed by atoms with Gasteiger partial charge in [0, 0.05) is 35.8 Å². The predicted octanol–water partition coefficient (Wildman–Crippen LogP) is 5.15. The fraction of sp³-hybridized carbons (Fsp3) is 0.323. The van der Waals surface area contributed by atoms with Crippen LogP contribution in [-0.2, 0) is 14.4 Å². The van der Waals surface area contributed by atoms with Gasteiger partial charge in [0.1, 0.15) is 11.7 Å². The maximum absolute atomic E-state index is 13.9. The molecule has 208 valence electrons. The summed E-state index contributed by atoms with van der Waals surface area (Å²) >= 11 is 0. The van der Waals surface area contributed by atoms with Gasteiger partial charge < -0.3 is 15.7 Å². The summed E-state index contributed by atoms with van der Waals surface area (Å²) < 4.78 is 0. The van der Waals surface area contributed by atoms with E-state index >= 15 is 0 Å². The van der Waals surface area contributed by atoms with Crippen molar-refractivity contribution in [3.8, 4) is 0 Å². The van der Waals surface area contributed by atoms with Crippen LogP contribution in [0.15, 0.2) is 60.7 Å². The number of carbonyl (C=O) groups excluding carboxylic acids is 3. The molecule has 1 saturated carbocycles. The van der Waals surface area contributed by atoms with Gasteiger partial charge in [-0.25, -0.2) is 0 Å². The standard InChI is InChI=1S/C31H33N3O6/c1-17-8-6-10-23(19(17)3)32-29(36)27-25(35)16-31(5,38)28(26(27)21-12-14-22(15-13-21)34(39)40)30(37)33-24-11-7-9-18(2)20(24)4/h6-15,26-28,38H,16H2,1-5H3,(H,32,36)(H,33,37). The van der Waals surface area contributed by atoms with Crippen LogP contribution >= 0.6 is 0 Å². The van der Waals surface area contributed by atoms with E-state index in [1.165, 1.54) is 31.2 Å². The molecule has 4 rings (SSSR count). The zero-order valence-electron chi connectivity index (χ0n) is 23.1. The smallest absolute Gasteiger partial charge is 0.269 e. The van der Waals surface area contributed by atoms with Crippen LogP contribution in [0.4, 0.5) is 17.1 Å². The third-order valence-corrected chi connectivity index (χ3v) is 8.05. The van der Waals surface area contributed by atoms with Crippen molar-refractivity contribution < 1.29 is 24.4 Å². The van der Waals surface area contributed by atoms with Crippen molar-refractivity contribution >= 4 is 34.7 Å². The molecule has 1 aliphatic carbocycles. The minimum atomic E-state index is -1.79. The molecule has 2 amide bonds. The Morgan fingerprint density at radius 1 is 0.875 bits per heavy atom. The molecule has 9 heteroatoms. The Bertz CT molecular complexity index is 1500. The van der Waals surface area contributed by atoms with E-state index in [1.54, 1.807) is 24.3 Å². The third kappa shape index (κ3) is 5.51. The first-order valence-corrected chi connectivity index (χ1v) is 13.1. The Hall–Kier alpha value is -4.37. The molecule has 0 heterocycles. The van der Waals surface area contributed by atoms with Gasteiger partial charge in [0.05, 0.1) is 16.4 Å². The number of rotatable bonds is 6. The number of hydrogen-bond donors (Lipinski definition) is 3. The van der Waals surface area contributed by atoms with E-state index in [-0.39, 0.29) is 5.69 Å². The van der Waals surface area contributed by atoms with Gasteiger partial charge in [-0.1, -0.05) is 36.4 Å². The summed E-state index contributed by atoms with van der Waals surface area (Å²) in [6, 6.07) is 16.3. The number of nitrogens with zero attached hydrogens (tertiary/aromatic N) is 1. The van der Waals surface area contributed by atoms with Crippen LogP contribution in [0.2, 0.25) is 0 Å². The van der Waals surface area contributed by atoms with Crippen LogP contribution in [-0.4, -0.2) is 33.2 Å². The van der Waals surface area contributed by atoms with Gasteiger partial charge in [-0.2, -0.15) is 0 Å². The van der Waals surface area contributed by atoms with Gasteiger partial charge in [0.25, 0.3) is 5.69 Å². The van der Waals surface area contributed by atoms with Crippen molar-refractivity contribution in [1.82, 2.24) is 0 Å². The number of ketones is 1. The monoisotopic (exact) mass is 543 g/mol. The highest BCUT2D eigenvalue weighted by Gasteiger charge is 2.56. The van der Waals surface area contributed by atoms with Crippen molar-refractivity contribution in [2.45, 2.75) is 52.6 Å². The van der Waals surface area contributed by atoms with Gasteiger partial charge in [0.15, 0.2) is 0 Å². The number of nitrogens with one attached hydrogen (secondary N) is 2. The quantitative estimate of drug-likeness (QED) is 0.223. The van der Waals surface area contributed by atoms with Crippen LogP contribution < -0.4 is 10.6 Å². The first-order chi connectivity index (χ1) is 18.8. The highest BCUT2D eigenvalue weighted by atomic mass is 16.6. The van der Waals surface area contributed by atoms with Crippen LogP contribution in [0, 0.1) is 49.6 Å². The molecule has 3 aromatic carbocycles. The number of nitro benzene ring substituents is 1. The largest absolute Gasteiger partial charge is 0.389 e. The van der Waals surface area contributed by atoms with Crippen LogP contribution in [0.5, 0.6) is 0 Å². The minimum absolute atomic E-state index is 0.176. The lowest BCUT2D eigenvalue weighted by molar-refractivity contribution is -0.384. The predicted molar refractivity (Wildman–Crippen MR) is 152 cm³/mol. The number of benzene rings is 3. The summed E-state index contributed by atoms with van der Waals surface area (Å²) in [6.45, 7) is 8.94. The van der Waals surface area contributed by atoms with Gasteiger partial charge >= 0.3 is 0 Å². The summed E-state index contributed by atoms with van der Waals surface area (Å²) in [5.41, 5.74) is 3.08. The van der Waals surface area contributed by atoms with Crippen LogP contribution in [0.3, 0.4) is 0 Å². The van der Waals surface area contributed by atoms with E-state index < -0.39 is 52.3 Å². The molecule has 0 radical (unpaired) electrons. The molecule has 0 aliphatic heterocycles. The van der Waals surface area contributed by atoms with Crippen molar-refractivity contribution in [3.63, 3.8) is 0 Å². The average Bonchev–Trinajstić information content (AvgIpc) is 2.88. The van der Waals surface area contributed by atoms with Crippen molar-refractivity contribution in [2.24, 2.45) is 11.8 Å². The van der Waals surface area contributed by atoms with Gasteiger partial charge in [0.2, 0.25) is 11.8 Å². The molecular weight excluding hydrogens is 510 g/mol. The molecule has 3 aromatic rings. The molecule has 3 N–H and O–H groups in total. The molecule has 1 fully saturated rings. The van der Waals surface area contributed by atoms with Crippen molar-refractivity contribution in [3.05, 3.63) is 98.6 Å². The number of carbonyl (C=O) groups is 3. The molecule has 0 saturated heterocycles. The summed E-state index contributed by atoms with van der Waals surface area (Å²) in [6.07, 6.45) is -0.410. The summed E-state index contributed by atoms with van der Waals surface area (Å²) in [4.78, 5) is 52.0. The van der Waals surface area contributed by atoms with Crippen molar-refractivity contribution in [2.75, 3.05) is 10.6 Å². The number of Topliss-reactive ketones (excluding diaryl/α,β-unsaturated/α-hetero) is 1. The van der Waals surface area contributed by atoms with E-state index in [9.17, 15) is 29.6 Å². The molecule has 4 unspecified atom stereocenters. The number of nitro groups is 1. The molecule has 9 nitrogen and oxygen atoms in total. The lowest BCUT2D eigenvalue weighted by Gasteiger charge is -2.44. The van der Waals surface area contributed by atoms with Crippen LogP contribution in [0.1, 0.15) is 47.1 Å². The lowest BCUT2D eigenvalue weighted by Crippen LogP contribution is -2.56. The van der Waals surface area contributed by atoms with Gasteiger partial charge in [-0.05, 0) is 74.6 Å². The third-order valence-electron chi connectivity index (χ3n) is 8.05. The van der Waals surface area contributed by atoms with E-state index in [4.69, 9.17) is 0 Å². The number of amides is 2. The Morgan fingerprint density at radius 3 is 1.88 bits per heavy atom. The first-order valence-electron chi connectivity index (χ1n) is 13.1. The number of anilines is 2. The van der Waals surface area contributed by atoms with Gasteiger partial charge in [-0.15, -0.1) is 0 Å². The fourth-order valence-corrected chi connectivity index (χ4v) is 5.50. The van der Waals surface area contributed by atoms with Crippen LogP contribution in [0.25, 0.3) is 0 Å². The second kappa shape index (κ2) is 11.0. The van der Waals surface area contributed by atoms with Crippen molar-refractivity contribution in [1.29, 1.82) is 0 Å². The average molecular weight is 544 g/mol. The van der Waals surface area contributed by atoms with E-state index in [0.29, 0.717) is 16.9 Å². The lowest BCUT2D eigenvalue weighted by atomic mass is 9.61. The maximum atomic E-state index is 13.9. The SMILES string of the molecule is Cc1cccc(NC(=O)C2C(=O)CC(C)(O)C(C(=O)Nc3cccc(C)c3C)C2c2ccc([N+](=O)[O-])cc2)c1C. The molecule has 40 heavy (non-hydrogen) atoms. The summed E-state index contributed by atoms with van der Waals surface area (Å²) in [7, 11) is 0. The second-order valence-corrected chi connectivity index (χ2v) is 10.8. The number of aliphatic hydroxyl groups is 1. The Kier molecular flexibility index (Phi) is 7.88. The highest BCUT2D eigenvalue weighted by molar-refractivity contribution is 6.10. The maximum Gasteiger partial charge on any atom is 0.269 e. The summed E-state index contributed by atoms with van der Waals surface area (Å²) in [5.74, 6) is -5.32. The molecule has 0 spiro atoms. The first kappa shape index (κ1) is 28.6. The zero-order chi connectivity index (χ0) is 29.4. The Labute approximate surface area is 232 Å². The number of non-ortho nitro benzene ring substituents is 1. The molecular formula is C31H33N3O6. The van der Waals surface area contributed by atoms with Gasteiger partial charge in [-0.3, -0.25) is 24.5 Å². The zero-order valence-corrected chi connectivity index (χ0v) is 23.1. The fourth-order valence-electron chi connectivity index (χ4n) is 5.50.